The highest BCUT2D eigenvalue weighted by atomic mass is 16.5. The molecule has 0 amide bonds. The molecular formula is C63H47O15. The molecule has 0 atom stereocenters. The molecule has 78 heavy (non-hydrogen) atoms. The smallest absolute Gasteiger partial charge is 0.339 e. The molecule has 15 heteroatoms. The van der Waals surface area contributed by atoms with Gasteiger partial charge in [0.05, 0.1) is 11.1 Å². The number of phenolic OH excluding ortho intramolecular Hbond substituents is 3. The monoisotopic (exact) mass is 1040 g/mol. The first-order valence-electron chi connectivity index (χ1n) is 23.2. The Bertz CT molecular complexity index is 3770. The van der Waals surface area contributed by atoms with Crippen LogP contribution >= 0.6 is 0 Å². The number of aromatic carboxylic acids is 4. The standard InChI is InChI=1S/C13H10O2.4C11H8O3.C6H5O/c14-10-15-13-8-6-12(7-9-13)11-4-2-1-3-5-11;12-10-4-3-7-5-9(11(13)14)2-1-8(7)6-10;12-8-4-5-9-7(6-8)2-1-3-10(9)11(13)14;2*12-10-6-8-4-2-1-3-7(8)5-9(10)11(13)14;7-6-4-2-1-3-5-6/h1-10H;4*1-6,12H,(H,13,14);2-5,7H. The summed E-state index contributed by atoms with van der Waals surface area (Å²) in [5.41, 5.74) is 2.63. The topological polar surface area (TPSA) is 277 Å². The molecule has 0 bridgehead atoms. The van der Waals surface area contributed by atoms with Gasteiger partial charge in [0.15, 0.2) is 0 Å². The number of aromatic hydroxyl groups is 5. The maximum absolute atomic E-state index is 10.8. The van der Waals surface area contributed by atoms with Gasteiger partial charge < -0.3 is 50.7 Å². The number of phenols is 5. The van der Waals surface area contributed by atoms with Crippen molar-refractivity contribution in [3.05, 3.63) is 253 Å². The summed E-state index contributed by atoms with van der Waals surface area (Å²) >= 11 is 0. The lowest BCUT2D eigenvalue weighted by Crippen LogP contribution is -1.96. The van der Waals surface area contributed by atoms with Crippen LogP contribution in [0.5, 0.6) is 34.5 Å². The van der Waals surface area contributed by atoms with E-state index < -0.39 is 23.9 Å². The molecule has 0 aromatic heterocycles. The molecule has 0 saturated carbocycles. The lowest BCUT2D eigenvalue weighted by Gasteiger charge is -2.02. The van der Waals surface area contributed by atoms with Crippen LogP contribution in [0.2, 0.25) is 0 Å². The van der Waals surface area contributed by atoms with Crippen LogP contribution < -0.4 is 4.74 Å². The molecule has 0 aliphatic carbocycles. The Morgan fingerprint density at radius 2 is 0.795 bits per heavy atom. The second kappa shape index (κ2) is 27.2. The highest BCUT2D eigenvalue weighted by molar-refractivity contribution is 6.04. The summed E-state index contributed by atoms with van der Waals surface area (Å²) in [4.78, 5) is 53.0. The number of fused-ring (bicyclic) bond motifs is 4. The van der Waals surface area contributed by atoms with Gasteiger partial charge in [-0.3, -0.25) is 4.79 Å². The van der Waals surface area contributed by atoms with Gasteiger partial charge in [0.1, 0.15) is 45.6 Å². The first-order valence-corrected chi connectivity index (χ1v) is 23.2. The van der Waals surface area contributed by atoms with Crippen LogP contribution in [-0.2, 0) is 4.79 Å². The average molecular weight is 1040 g/mol. The van der Waals surface area contributed by atoms with Crippen LogP contribution in [0.25, 0.3) is 54.2 Å². The van der Waals surface area contributed by atoms with Crippen molar-refractivity contribution in [2.24, 2.45) is 0 Å². The molecule has 1 radical (unpaired) electrons. The lowest BCUT2D eigenvalue weighted by atomic mass is 10.0. The van der Waals surface area contributed by atoms with E-state index in [0.717, 1.165) is 48.8 Å². The molecule has 15 nitrogen and oxygen atoms in total. The van der Waals surface area contributed by atoms with Crippen molar-refractivity contribution >= 4 is 73.4 Å². The second-order valence-electron chi connectivity index (χ2n) is 16.5. The van der Waals surface area contributed by atoms with E-state index in [0.29, 0.717) is 23.4 Å². The Balaban J connectivity index is 0.000000153. The van der Waals surface area contributed by atoms with E-state index in [-0.39, 0.29) is 45.3 Å². The Morgan fingerprint density at radius 1 is 0.359 bits per heavy atom. The maximum Gasteiger partial charge on any atom is 0.339 e. The van der Waals surface area contributed by atoms with Crippen molar-refractivity contribution in [2.75, 3.05) is 0 Å². The molecule has 11 aromatic carbocycles. The number of hydrogen-bond donors (Lipinski definition) is 9. The van der Waals surface area contributed by atoms with Crippen molar-refractivity contribution in [1.82, 2.24) is 0 Å². The highest BCUT2D eigenvalue weighted by Crippen LogP contribution is 2.28. The Labute approximate surface area is 444 Å². The molecule has 0 spiro atoms. The summed E-state index contributed by atoms with van der Waals surface area (Å²) in [6, 6.07) is 66.3. The van der Waals surface area contributed by atoms with Crippen LogP contribution in [-0.4, -0.2) is 76.3 Å². The molecule has 0 heterocycles. The quantitative estimate of drug-likeness (QED) is 0.0671. The molecular weight excluding hydrogens is 997 g/mol. The van der Waals surface area contributed by atoms with Gasteiger partial charge in [-0.2, -0.15) is 0 Å². The minimum Gasteiger partial charge on any atom is -0.508 e. The van der Waals surface area contributed by atoms with Crippen LogP contribution in [0.1, 0.15) is 41.4 Å². The third-order valence-corrected chi connectivity index (χ3v) is 11.2. The normalized spacial score (nSPS) is 10.0. The summed E-state index contributed by atoms with van der Waals surface area (Å²) in [5, 5.41) is 87.3. The predicted octanol–water partition coefficient (Wildman–Crippen LogP) is 13.1. The van der Waals surface area contributed by atoms with Crippen LogP contribution in [0.3, 0.4) is 0 Å². The summed E-state index contributed by atoms with van der Waals surface area (Å²) in [5.74, 6) is -3.36. The zero-order chi connectivity index (χ0) is 56.1. The second-order valence-corrected chi connectivity index (χ2v) is 16.5. The molecule has 9 N–H and O–H groups in total. The number of ether oxygens (including phenoxy) is 1. The van der Waals surface area contributed by atoms with E-state index in [1.54, 1.807) is 103 Å². The first-order chi connectivity index (χ1) is 37.5. The van der Waals surface area contributed by atoms with Gasteiger partial charge >= 0.3 is 23.9 Å². The summed E-state index contributed by atoms with van der Waals surface area (Å²) in [7, 11) is 0. The van der Waals surface area contributed by atoms with Crippen molar-refractivity contribution in [3.8, 4) is 45.6 Å². The van der Waals surface area contributed by atoms with Gasteiger partial charge in [-0.25, -0.2) is 19.2 Å². The van der Waals surface area contributed by atoms with Crippen molar-refractivity contribution in [3.63, 3.8) is 0 Å². The van der Waals surface area contributed by atoms with Gasteiger partial charge in [-0.1, -0.05) is 127 Å². The molecule has 0 saturated heterocycles. The fourth-order valence-corrected chi connectivity index (χ4v) is 7.41. The molecule has 11 rings (SSSR count). The van der Waals surface area contributed by atoms with Gasteiger partial charge in [-0.15, -0.1) is 0 Å². The largest absolute Gasteiger partial charge is 0.508 e. The molecule has 11 aromatic rings. The van der Waals surface area contributed by atoms with E-state index in [1.165, 1.54) is 42.5 Å². The van der Waals surface area contributed by atoms with E-state index in [1.807, 2.05) is 78.9 Å². The molecule has 0 fully saturated rings. The third-order valence-electron chi connectivity index (χ3n) is 11.2. The van der Waals surface area contributed by atoms with Crippen LogP contribution in [0.4, 0.5) is 0 Å². The van der Waals surface area contributed by atoms with Crippen LogP contribution in [0, 0.1) is 6.07 Å². The zero-order valence-corrected chi connectivity index (χ0v) is 40.9. The predicted molar refractivity (Wildman–Crippen MR) is 296 cm³/mol. The van der Waals surface area contributed by atoms with E-state index in [9.17, 15) is 44.4 Å². The minimum absolute atomic E-state index is 0.0660. The first kappa shape index (κ1) is 56.1. The number of carboxylic acid groups (broad SMARTS) is 4. The third kappa shape index (κ3) is 15.9. The van der Waals surface area contributed by atoms with E-state index in [4.69, 9.17) is 30.3 Å². The molecule has 0 aliphatic heterocycles. The summed E-state index contributed by atoms with van der Waals surface area (Å²) < 4.78 is 4.72. The number of benzene rings is 11. The Hall–Kier alpha value is -11.2. The highest BCUT2D eigenvalue weighted by Gasteiger charge is 2.12. The maximum atomic E-state index is 10.8. The minimum atomic E-state index is -1.12. The average Bonchev–Trinajstić information content (AvgIpc) is 3.44. The van der Waals surface area contributed by atoms with Gasteiger partial charge in [0.25, 0.3) is 6.47 Å². The summed E-state index contributed by atoms with van der Waals surface area (Å²) in [6.45, 7) is 0.428. The van der Waals surface area contributed by atoms with E-state index in [2.05, 4.69) is 6.07 Å². The zero-order valence-electron chi connectivity index (χ0n) is 40.9. The fourth-order valence-electron chi connectivity index (χ4n) is 7.41. The Kier molecular flexibility index (Phi) is 19.6. The Morgan fingerprint density at radius 3 is 1.28 bits per heavy atom. The lowest BCUT2D eigenvalue weighted by molar-refractivity contribution is -0.120. The number of carbonyl (C=O) groups excluding carboxylic acids is 1. The number of rotatable bonds is 7. The molecule has 0 unspecified atom stereocenters. The van der Waals surface area contributed by atoms with Crippen molar-refractivity contribution in [2.45, 2.75) is 0 Å². The number of carboxylic acids is 4. The van der Waals surface area contributed by atoms with E-state index >= 15 is 0 Å². The summed E-state index contributed by atoms with van der Waals surface area (Å²) in [6.07, 6.45) is 0. The molecule has 0 aliphatic rings. The number of hydrogen-bond acceptors (Lipinski definition) is 11. The fraction of sp³-hybridized carbons (Fsp3) is 0. The van der Waals surface area contributed by atoms with Gasteiger partial charge in [0.2, 0.25) is 0 Å². The van der Waals surface area contributed by atoms with Crippen LogP contribution in [0.15, 0.2) is 224 Å². The van der Waals surface area contributed by atoms with Gasteiger partial charge in [-0.05, 0) is 157 Å². The van der Waals surface area contributed by atoms with Crippen molar-refractivity contribution in [1.29, 1.82) is 0 Å². The van der Waals surface area contributed by atoms with Crippen molar-refractivity contribution < 1.29 is 74.7 Å². The SMILES string of the molecule is O=C(O)c1cc2ccccc2cc1O.O=C(O)c1cc2ccccc2cc1O.O=C(O)c1ccc2cc(O)ccc2c1.O=C(O)c1cccc2cc(O)ccc12.O=COc1ccc(-c2ccccc2)cc1.Oc1cc[c]cc1. The number of carbonyl (C=O) groups is 5. The van der Waals surface area contributed by atoms with Gasteiger partial charge in [0, 0.05) is 0 Å². The molecule has 389 valence electrons.